The van der Waals surface area contributed by atoms with Crippen LogP contribution in [0, 0.1) is 0 Å². The lowest BCUT2D eigenvalue weighted by Crippen LogP contribution is -2.27. The van der Waals surface area contributed by atoms with Crippen LogP contribution in [0.25, 0.3) is 0 Å². The van der Waals surface area contributed by atoms with Gasteiger partial charge in [-0.05, 0) is 38.5 Å². The van der Waals surface area contributed by atoms with E-state index in [9.17, 15) is 24.2 Å². The van der Waals surface area contributed by atoms with Crippen LogP contribution < -0.4 is 5.32 Å². The highest BCUT2D eigenvalue weighted by Crippen LogP contribution is 2.42. The molecule has 296 valence electrons. The molecule has 0 rings (SSSR count). The lowest BCUT2D eigenvalue weighted by atomic mass is 10.0. The molecule has 0 aromatic carbocycles. The van der Waals surface area contributed by atoms with Crippen LogP contribution >= 0.6 is 7.82 Å². The number of hydrogen-bond acceptors (Lipinski definition) is 7. The Kier molecular flexibility index (Phi) is 36.6. The van der Waals surface area contributed by atoms with Crippen molar-refractivity contribution < 1.29 is 37.9 Å². The molecule has 3 N–H and O–H groups in total. The Bertz CT molecular complexity index is 840. The molecule has 0 spiro atoms. The summed E-state index contributed by atoms with van der Waals surface area (Å²) in [6, 6.07) is 0. The monoisotopic (exact) mass is 732 g/mol. The van der Waals surface area contributed by atoms with Gasteiger partial charge in [0.05, 0.1) is 13.2 Å². The van der Waals surface area contributed by atoms with E-state index in [0.717, 1.165) is 44.9 Å². The van der Waals surface area contributed by atoms with Gasteiger partial charge in [0.15, 0.2) is 0 Å². The predicted molar refractivity (Wildman–Crippen MR) is 206 cm³/mol. The molecule has 0 aliphatic carbocycles. The van der Waals surface area contributed by atoms with Crippen molar-refractivity contribution in [1.29, 1.82) is 0 Å². The first kappa shape index (κ1) is 48.8. The zero-order valence-corrected chi connectivity index (χ0v) is 33.3. The Balaban J connectivity index is 3.60. The van der Waals surface area contributed by atoms with Crippen LogP contribution in [0.2, 0.25) is 0 Å². The van der Waals surface area contributed by atoms with Gasteiger partial charge in [-0.25, -0.2) is 4.57 Å². The molecule has 0 heterocycles. The van der Waals surface area contributed by atoms with Crippen LogP contribution in [0.1, 0.15) is 200 Å². The highest BCUT2D eigenvalue weighted by Gasteiger charge is 2.23. The van der Waals surface area contributed by atoms with Crippen molar-refractivity contribution in [3.8, 4) is 0 Å². The summed E-state index contributed by atoms with van der Waals surface area (Å²) < 4.78 is 26.8. The molecular formula is C40H78NO8P. The van der Waals surface area contributed by atoms with E-state index in [4.69, 9.17) is 13.8 Å². The second-order valence-electron chi connectivity index (χ2n) is 14.0. The van der Waals surface area contributed by atoms with Crippen LogP contribution in [0.5, 0.6) is 0 Å². The summed E-state index contributed by atoms with van der Waals surface area (Å²) in [6.07, 6.45) is 37.1. The first-order valence-electron chi connectivity index (χ1n) is 20.7. The van der Waals surface area contributed by atoms with Crippen LogP contribution in [-0.2, 0) is 27.9 Å². The minimum atomic E-state index is -4.41. The highest BCUT2D eigenvalue weighted by molar-refractivity contribution is 7.47. The molecule has 0 radical (unpaired) electrons. The molecular weight excluding hydrogens is 653 g/mol. The second kappa shape index (κ2) is 37.5. The minimum absolute atomic E-state index is 0.0807. The smallest absolute Gasteiger partial charge is 0.463 e. The molecule has 1 amide bonds. The number of phosphoric ester groups is 1. The average Bonchev–Trinajstić information content (AvgIpc) is 3.10. The van der Waals surface area contributed by atoms with Crippen molar-refractivity contribution in [2.45, 2.75) is 206 Å². The number of aliphatic hydroxyl groups is 1. The molecule has 2 unspecified atom stereocenters. The van der Waals surface area contributed by atoms with E-state index >= 15 is 0 Å². The maximum Gasteiger partial charge on any atom is 0.472 e. The summed E-state index contributed by atoms with van der Waals surface area (Å²) >= 11 is 0. The molecule has 0 aromatic heterocycles. The summed E-state index contributed by atoms with van der Waals surface area (Å²) in [5.41, 5.74) is 0. The number of carbonyl (C=O) groups is 2. The van der Waals surface area contributed by atoms with Gasteiger partial charge in [-0.3, -0.25) is 18.6 Å². The molecule has 9 nitrogen and oxygen atoms in total. The Morgan fingerprint density at radius 3 is 1.50 bits per heavy atom. The fourth-order valence-electron chi connectivity index (χ4n) is 5.79. The number of esters is 1. The van der Waals surface area contributed by atoms with Gasteiger partial charge < -0.3 is 20.1 Å². The number of rotatable bonds is 39. The number of amides is 1. The molecule has 10 heteroatoms. The first-order valence-corrected chi connectivity index (χ1v) is 22.2. The fraction of sp³-hybridized carbons (Fsp3) is 0.900. The first-order chi connectivity index (χ1) is 24.3. The Labute approximate surface area is 307 Å². The maximum atomic E-state index is 12.1. The largest absolute Gasteiger partial charge is 0.472 e. The number of nitrogens with one attached hydrogen (secondary N) is 1. The van der Waals surface area contributed by atoms with E-state index in [1.54, 1.807) is 0 Å². The van der Waals surface area contributed by atoms with Gasteiger partial charge in [-0.1, -0.05) is 161 Å². The number of carbonyl (C=O) groups excluding carboxylic acids is 2. The third-order valence-corrected chi connectivity index (χ3v) is 9.93. The van der Waals surface area contributed by atoms with Crippen molar-refractivity contribution in [3.05, 3.63) is 12.2 Å². The van der Waals surface area contributed by atoms with Crippen molar-refractivity contribution in [2.24, 2.45) is 0 Å². The molecule has 0 bridgehead atoms. The van der Waals surface area contributed by atoms with Gasteiger partial charge >= 0.3 is 13.8 Å². The SMILES string of the molecule is CCCCCCCCC/C=C\CCCCCCCC(=O)NCCOP(=O)(O)OCC(O)COC(=O)CCCCCCCCCCCCCCC. The molecule has 0 aliphatic heterocycles. The van der Waals surface area contributed by atoms with E-state index in [2.05, 4.69) is 31.3 Å². The van der Waals surface area contributed by atoms with Crippen LogP contribution in [0.4, 0.5) is 0 Å². The number of unbranched alkanes of at least 4 members (excludes halogenated alkanes) is 24. The summed E-state index contributed by atoms with van der Waals surface area (Å²) in [5.74, 6) is -0.519. The van der Waals surface area contributed by atoms with Crippen LogP contribution in [0.15, 0.2) is 12.2 Å². The number of hydrogen-bond donors (Lipinski definition) is 3. The Hall–Kier alpha value is -1.25. The normalized spacial score (nSPS) is 13.4. The van der Waals surface area contributed by atoms with Gasteiger partial charge in [0.25, 0.3) is 0 Å². The van der Waals surface area contributed by atoms with E-state index in [0.29, 0.717) is 6.42 Å². The molecule has 0 saturated carbocycles. The lowest BCUT2D eigenvalue weighted by molar-refractivity contribution is -0.147. The summed E-state index contributed by atoms with van der Waals surface area (Å²) in [5, 5.41) is 12.7. The van der Waals surface area contributed by atoms with E-state index in [-0.39, 0.29) is 32.1 Å². The summed E-state index contributed by atoms with van der Waals surface area (Å²) in [4.78, 5) is 33.8. The lowest BCUT2D eigenvalue weighted by Gasteiger charge is -2.15. The fourth-order valence-corrected chi connectivity index (χ4v) is 6.54. The molecule has 2 atom stereocenters. The Morgan fingerprint density at radius 2 is 1.02 bits per heavy atom. The van der Waals surface area contributed by atoms with Gasteiger partial charge in [-0.2, -0.15) is 0 Å². The van der Waals surface area contributed by atoms with Crippen molar-refractivity contribution in [3.63, 3.8) is 0 Å². The maximum absolute atomic E-state index is 12.1. The molecule has 0 saturated heterocycles. The standard InChI is InChI=1S/C40H78NO8P/c1-3-5-7-9-11-13-15-17-18-19-21-22-24-26-28-30-32-39(43)41-34-35-48-50(45,46)49-37-38(42)36-47-40(44)33-31-29-27-25-23-20-16-14-12-10-8-6-4-2/h18-19,38,42H,3-17,20-37H2,1-2H3,(H,41,43)(H,45,46)/b19-18-. The molecule has 50 heavy (non-hydrogen) atoms. The topological polar surface area (TPSA) is 131 Å². The van der Waals surface area contributed by atoms with Crippen LogP contribution in [-0.4, -0.2) is 54.3 Å². The van der Waals surface area contributed by atoms with Crippen molar-refractivity contribution in [1.82, 2.24) is 5.32 Å². The highest BCUT2D eigenvalue weighted by atomic mass is 31.2. The zero-order valence-electron chi connectivity index (χ0n) is 32.4. The molecule has 0 fully saturated rings. The molecule has 0 aliphatic rings. The van der Waals surface area contributed by atoms with Gasteiger partial charge in [0.2, 0.25) is 5.91 Å². The van der Waals surface area contributed by atoms with E-state index < -0.39 is 26.5 Å². The average molecular weight is 732 g/mol. The summed E-state index contributed by atoms with van der Waals surface area (Å²) in [6.45, 7) is 3.55. The van der Waals surface area contributed by atoms with Crippen molar-refractivity contribution >= 4 is 19.7 Å². The second-order valence-corrected chi connectivity index (χ2v) is 15.4. The van der Waals surface area contributed by atoms with Gasteiger partial charge in [0.1, 0.15) is 12.7 Å². The van der Waals surface area contributed by atoms with Gasteiger partial charge in [-0.15, -0.1) is 0 Å². The number of ether oxygens (including phenoxy) is 1. The number of allylic oxidation sites excluding steroid dienone is 2. The molecule has 0 aromatic rings. The third-order valence-electron chi connectivity index (χ3n) is 8.95. The third kappa shape index (κ3) is 38.0. The van der Waals surface area contributed by atoms with E-state index in [1.807, 2.05) is 0 Å². The Morgan fingerprint density at radius 1 is 0.600 bits per heavy atom. The zero-order chi connectivity index (χ0) is 36.8. The van der Waals surface area contributed by atoms with Crippen molar-refractivity contribution in [2.75, 3.05) is 26.4 Å². The van der Waals surface area contributed by atoms with Gasteiger partial charge in [0, 0.05) is 19.4 Å². The summed E-state index contributed by atoms with van der Waals surface area (Å²) in [7, 11) is -4.41. The van der Waals surface area contributed by atoms with Crippen LogP contribution in [0.3, 0.4) is 0 Å². The quantitative estimate of drug-likeness (QED) is 0.0246. The van der Waals surface area contributed by atoms with E-state index in [1.165, 1.54) is 128 Å². The number of phosphoric acid groups is 1. The number of aliphatic hydroxyl groups excluding tert-OH is 1. The predicted octanol–water partition coefficient (Wildman–Crippen LogP) is 11.0. The minimum Gasteiger partial charge on any atom is -0.463 e.